The summed E-state index contributed by atoms with van der Waals surface area (Å²) in [4.78, 5) is 14.3. The summed E-state index contributed by atoms with van der Waals surface area (Å²) >= 11 is 6.46. The number of likely N-dealkylation sites (N-methyl/N-ethyl adjacent to an activating group) is 1. The monoisotopic (exact) mass is 439 g/mol. The number of thioether (sulfide) groups is 1. The van der Waals surface area contributed by atoms with Crippen LogP contribution in [0.25, 0.3) is 6.08 Å². The second kappa shape index (κ2) is 11.3. The Morgan fingerprint density at radius 2 is 1.92 bits per heavy atom. The number of rotatable bonds is 8. The van der Waals surface area contributed by atoms with E-state index >= 15 is 0 Å². The van der Waals surface area contributed by atoms with Gasteiger partial charge in [-0.1, -0.05) is 36.1 Å². The molecular formula is C16H18KNO5S3. The number of amides is 1. The van der Waals surface area contributed by atoms with Gasteiger partial charge in [0.05, 0.1) is 21.6 Å². The van der Waals surface area contributed by atoms with Gasteiger partial charge in [0, 0.05) is 12.3 Å². The Bertz CT molecular complexity index is 778. The molecule has 1 amide bonds. The summed E-state index contributed by atoms with van der Waals surface area (Å²) in [6.45, 7) is 2.78. The molecule has 0 unspecified atom stereocenters. The van der Waals surface area contributed by atoms with Crippen molar-refractivity contribution in [3.05, 3.63) is 34.7 Å². The first-order valence-corrected chi connectivity index (χ1v) is 10.5. The molecule has 0 saturated carbocycles. The van der Waals surface area contributed by atoms with Gasteiger partial charge < -0.3 is 9.29 Å². The van der Waals surface area contributed by atoms with Crippen LogP contribution >= 0.6 is 24.0 Å². The van der Waals surface area contributed by atoms with Crippen molar-refractivity contribution in [3.8, 4) is 5.75 Å². The van der Waals surface area contributed by atoms with Gasteiger partial charge in [0.2, 0.25) is 0 Å². The number of hydrogen-bond donors (Lipinski definition) is 0. The summed E-state index contributed by atoms with van der Waals surface area (Å²) < 4.78 is 37.5. The van der Waals surface area contributed by atoms with Gasteiger partial charge in [-0.05, 0) is 43.5 Å². The maximum atomic E-state index is 12.2. The minimum absolute atomic E-state index is 0. The SMILES string of the molecule is CCN1C(=O)/C(=C\c2ccc(OCCCCS(=O)(=O)[O-])cc2)SC1=S.[K+]. The third-order valence-corrected chi connectivity index (χ3v) is 5.59. The number of ether oxygens (including phenoxy) is 1. The van der Waals surface area contributed by atoms with Gasteiger partial charge in [0.15, 0.2) is 0 Å². The van der Waals surface area contributed by atoms with Crippen LogP contribution in [0.5, 0.6) is 5.75 Å². The largest absolute Gasteiger partial charge is 1.00 e. The number of hydrogen-bond acceptors (Lipinski definition) is 7. The molecule has 0 aliphatic carbocycles. The van der Waals surface area contributed by atoms with E-state index in [9.17, 15) is 17.8 Å². The van der Waals surface area contributed by atoms with Gasteiger partial charge in [-0.15, -0.1) is 0 Å². The summed E-state index contributed by atoms with van der Waals surface area (Å²) in [5.74, 6) is 0.194. The van der Waals surface area contributed by atoms with Crippen molar-refractivity contribution in [1.82, 2.24) is 4.90 Å². The molecule has 26 heavy (non-hydrogen) atoms. The van der Waals surface area contributed by atoms with Crippen molar-refractivity contribution in [2.75, 3.05) is 18.9 Å². The van der Waals surface area contributed by atoms with Gasteiger partial charge in [0.1, 0.15) is 10.1 Å². The molecule has 2 rings (SSSR count). The van der Waals surface area contributed by atoms with Crippen molar-refractivity contribution in [1.29, 1.82) is 0 Å². The standard InChI is InChI=1S/C16H19NO5S3.K/c1-2-17-15(18)14(24-16(17)23)11-12-5-7-13(8-6-12)22-9-3-4-10-25(19,20)21;/h5-8,11H,2-4,9-10H2,1H3,(H,19,20,21);/q;+1/p-1/b14-11+;. The van der Waals surface area contributed by atoms with Gasteiger partial charge in [-0.3, -0.25) is 9.69 Å². The van der Waals surface area contributed by atoms with E-state index in [1.54, 1.807) is 23.1 Å². The molecule has 1 aliphatic rings. The van der Waals surface area contributed by atoms with Gasteiger partial charge >= 0.3 is 51.4 Å². The topological polar surface area (TPSA) is 86.7 Å². The summed E-state index contributed by atoms with van der Waals surface area (Å²) in [5.41, 5.74) is 0.862. The normalized spacial score (nSPS) is 16.1. The Balaban J connectivity index is 0.00000338. The molecule has 0 N–H and O–H groups in total. The van der Waals surface area contributed by atoms with E-state index in [1.807, 2.05) is 19.1 Å². The van der Waals surface area contributed by atoms with E-state index < -0.39 is 10.1 Å². The van der Waals surface area contributed by atoms with Crippen LogP contribution < -0.4 is 56.1 Å². The first-order chi connectivity index (χ1) is 11.8. The van der Waals surface area contributed by atoms with E-state index in [4.69, 9.17) is 17.0 Å². The first kappa shape index (κ1) is 24.3. The van der Waals surface area contributed by atoms with Crippen LogP contribution in [0.3, 0.4) is 0 Å². The van der Waals surface area contributed by atoms with Gasteiger partial charge in [-0.25, -0.2) is 8.42 Å². The molecule has 0 radical (unpaired) electrons. The molecule has 0 atom stereocenters. The second-order valence-electron chi connectivity index (χ2n) is 5.31. The fourth-order valence-electron chi connectivity index (χ4n) is 2.16. The van der Waals surface area contributed by atoms with Crippen molar-refractivity contribution >= 4 is 50.4 Å². The molecule has 0 spiro atoms. The Morgan fingerprint density at radius 3 is 2.46 bits per heavy atom. The summed E-state index contributed by atoms with van der Waals surface area (Å²) in [5, 5.41) is 0. The van der Waals surface area contributed by atoms with Crippen molar-refractivity contribution < 1.29 is 73.9 Å². The fourth-order valence-corrected chi connectivity index (χ4v) is 4.10. The third kappa shape index (κ3) is 7.68. The molecule has 0 aromatic heterocycles. The van der Waals surface area contributed by atoms with Gasteiger partial charge in [0.25, 0.3) is 5.91 Å². The Hall–Kier alpha value is 0.216. The summed E-state index contributed by atoms with van der Waals surface area (Å²) in [7, 11) is -4.15. The van der Waals surface area contributed by atoms with Crippen molar-refractivity contribution in [3.63, 3.8) is 0 Å². The number of nitrogens with zero attached hydrogens (tertiary/aromatic N) is 1. The molecule has 0 bridgehead atoms. The van der Waals surface area contributed by atoms with Crippen LogP contribution in [0, 0.1) is 0 Å². The van der Waals surface area contributed by atoms with Crippen LogP contribution in [0.15, 0.2) is 29.2 Å². The van der Waals surface area contributed by atoms with Crippen molar-refractivity contribution in [2.45, 2.75) is 19.8 Å². The predicted molar refractivity (Wildman–Crippen MR) is 101 cm³/mol. The third-order valence-electron chi connectivity index (χ3n) is 3.43. The number of carbonyl (C=O) groups excluding carboxylic acids is 1. The van der Waals surface area contributed by atoms with E-state index in [-0.39, 0.29) is 69.5 Å². The number of benzene rings is 1. The van der Waals surface area contributed by atoms with Crippen molar-refractivity contribution in [2.24, 2.45) is 0 Å². The van der Waals surface area contributed by atoms with Gasteiger partial charge in [-0.2, -0.15) is 0 Å². The number of carbonyl (C=O) groups is 1. The molecule has 1 aromatic rings. The van der Waals surface area contributed by atoms with Crippen LogP contribution in [-0.4, -0.2) is 47.0 Å². The molecule has 1 aliphatic heterocycles. The van der Waals surface area contributed by atoms with E-state index in [2.05, 4.69) is 0 Å². The molecular weight excluding hydrogens is 421 g/mol. The summed E-state index contributed by atoms with van der Waals surface area (Å²) in [6, 6.07) is 7.21. The molecule has 10 heteroatoms. The van der Waals surface area contributed by atoms with E-state index in [1.165, 1.54) is 11.8 Å². The maximum Gasteiger partial charge on any atom is 1.00 e. The van der Waals surface area contributed by atoms with E-state index in [0.29, 0.717) is 34.5 Å². The quantitative estimate of drug-likeness (QED) is 0.179. The molecule has 6 nitrogen and oxygen atoms in total. The first-order valence-electron chi connectivity index (χ1n) is 7.72. The number of thiocarbonyl (C=S) groups is 1. The molecule has 1 fully saturated rings. The average molecular weight is 440 g/mol. The smallest absolute Gasteiger partial charge is 0.748 e. The Kier molecular flexibility index (Phi) is 10.5. The van der Waals surface area contributed by atoms with Crippen LogP contribution in [-0.2, 0) is 14.9 Å². The Labute approximate surface area is 205 Å². The summed E-state index contributed by atoms with van der Waals surface area (Å²) in [6.07, 6.45) is 2.56. The minimum atomic E-state index is -4.15. The van der Waals surface area contributed by atoms with Crippen LogP contribution in [0.2, 0.25) is 0 Å². The molecule has 1 aromatic carbocycles. The fraction of sp³-hybridized carbons (Fsp3) is 0.375. The zero-order valence-electron chi connectivity index (χ0n) is 14.6. The second-order valence-corrected chi connectivity index (χ2v) is 8.51. The maximum absolute atomic E-state index is 12.2. The number of unbranched alkanes of at least 4 members (excludes halogenated alkanes) is 1. The molecule has 1 saturated heterocycles. The molecule has 136 valence electrons. The van der Waals surface area contributed by atoms with Crippen LogP contribution in [0.4, 0.5) is 0 Å². The zero-order chi connectivity index (χ0) is 18.4. The predicted octanol–water partition coefficient (Wildman–Crippen LogP) is -0.384. The average Bonchev–Trinajstić information content (AvgIpc) is 2.81. The minimum Gasteiger partial charge on any atom is -0.748 e. The zero-order valence-corrected chi connectivity index (χ0v) is 20.2. The molecule has 1 heterocycles. The van der Waals surface area contributed by atoms with E-state index in [0.717, 1.165) is 5.56 Å². The van der Waals surface area contributed by atoms with Crippen LogP contribution in [0.1, 0.15) is 25.3 Å². The Morgan fingerprint density at radius 1 is 1.27 bits per heavy atom.